The first-order valence-electron chi connectivity index (χ1n) is 4.92. The number of ether oxygens (including phenoxy) is 1. The molecule has 0 aliphatic rings. The second-order valence-electron chi connectivity index (χ2n) is 3.20. The predicted molar refractivity (Wildman–Crippen MR) is 57.7 cm³/mol. The average Bonchev–Trinajstić information content (AvgIpc) is 2.67. The lowest BCUT2D eigenvalue weighted by Gasteiger charge is -2.02. The number of aromatic nitrogens is 3. The van der Waals surface area contributed by atoms with E-state index in [1.165, 1.54) is 0 Å². The molecule has 1 aromatic carbocycles. The Labute approximate surface area is 88.3 Å². The monoisotopic (exact) mass is 203 g/mol. The Kier molecular flexibility index (Phi) is 2.67. The molecule has 78 valence electrons. The molecule has 0 bridgehead atoms. The summed E-state index contributed by atoms with van der Waals surface area (Å²) in [5, 5.41) is 6.90. The number of hydrogen-bond donors (Lipinski definition) is 1. The van der Waals surface area contributed by atoms with Crippen LogP contribution in [0.15, 0.2) is 24.3 Å². The quantitative estimate of drug-likeness (QED) is 0.831. The van der Waals surface area contributed by atoms with Gasteiger partial charge in [-0.1, -0.05) is 0 Å². The maximum absolute atomic E-state index is 5.35. The molecular weight excluding hydrogens is 190 g/mol. The lowest BCUT2D eigenvalue weighted by Crippen LogP contribution is -1.90. The highest BCUT2D eigenvalue weighted by atomic mass is 16.5. The first-order valence-corrected chi connectivity index (χ1v) is 4.92. The van der Waals surface area contributed by atoms with Gasteiger partial charge in [0.2, 0.25) is 0 Å². The van der Waals surface area contributed by atoms with Crippen LogP contribution in [0.3, 0.4) is 0 Å². The van der Waals surface area contributed by atoms with Crippen molar-refractivity contribution < 1.29 is 4.74 Å². The van der Waals surface area contributed by atoms with E-state index in [1.807, 2.05) is 38.1 Å². The summed E-state index contributed by atoms with van der Waals surface area (Å²) in [6.45, 7) is 4.52. The Morgan fingerprint density at radius 2 is 2.00 bits per heavy atom. The van der Waals surface area contributed by atoms with Gasteiger partial charge in [-0.2, -0.15) is 5.10 Å². The van der Waals surface area contributed by atoms with Gasteiger partial charge in [-0.05, 0) is 38.1 Å². The van der Waals surface area contributed by atoms with Crippen LogP contribution in [0.25, 0.3) is 11.4 Å². The highest BCUT2D eigenvalue weighted by molar-refractivity contribution is 5.55. The van der Waals surface area contributed by atoms with Crippen molar-refractivity contribution in [3.8, 4) is 17.1 Å². The molecule has 0 spiro atoms. The zero-order valence-electron chi connectivity index (χ0n) is 8.82. The molecule has 1 aromatic heterocycles. The Balaban J connectivity index is 2.23. The van der Waals surface area contributed by atoms with Crippen LogP contribution in [0.2, 0.25) is 0 Å². The molecule has 1 heterocycles. The number of aromatic amines is 1. The maximum atomic E-state index is 5.35. The summed E-state index contributed by atoms with van der Waals surface area (Å²) in [5.74, 6) is 2.41. The Morgan fingerprint density at radius 3 is 2.53 bits per heavy atom. The minimum Gasteiger partial charge on any atom is -0.494 e. The third-order valence-corrected chi connectivity index (χ3v) is 2.02. The molecule has 4 nitrogen and oxygen atoms in total. The Hall–Kier alpha value is -1.84. The van der Waals surface area contributed by atoms with E-state index < -0.39 is 0 Å². The van der Waals surface area contributed by atoms with Gasteiger partial charge in [0.15, 0.2) is 5.82 Å². The molecule has 0 saturated heterocycles. The van der Waals surface area contributed by atoms with Crippen LogP contribution in [0.4, 0.5) is 0 Å². The number of nitrogens with one attached hydrogen (secondary N) is 1. The molecule has 0 aliphatic heterocycles. The lowest BCUT2D eigenvalue weighted by atomic mass is 10.2. The van der Waals surface area contributed by atoms with Crippen molar-refractivity contribution in [2.45, 2.75) is 13.8 Å². The van der Waals surface area contributed by atoms with Crippen molar-refractivity contribution in [3.05, 3.63) is 30.1 Å². The molecule has 0 radical (unpaired) electrons. The van der Waals surface area contributed by atoms with Crippen LogP contribution in [-0.2, 0) is 0 Å². The van der Waals surface area contributed by atoms with Crippen LogP contribution in [0.1, 0.15) is 12.7 Å². The number of aryl methyl sites for hydroxylation is 1. The molecular formula is C11H13N3O. The van der Waals surface area contributed by atoms with Crippen molar-refractivity contribution in [1.82, 2.24) is 15.2 Å². The maximum Gasteiger partial charge on any atom is 0.181 e. The smallest absolute Gasteiger partial charge is 0.181 e. The molecule has 0 atom stereocenters. The number of H-pyrrole nitrogens is 1. The summed E-state index contributed by atoms with van der Waals surface area (Å²) in [5.41, 5.74) is 0.989. The molecule has 0 saturated carbocycles. The molecule has 4 heteroatoms. The van der Waals surface area contributed by atoms with E-state index >= 15 is 0 Å². The topological polar surface area (TPSA) is 50.8 Å². The van der Waals surface area contributed by atoms with E-state index in [1.54, 1.807) is 0 Å². The summed E-state index contributed by atoms with van der Waals surface area (Å²) in [7, 11) is 0. The normalized spacial score (nSPS) is 10.3. The summed E-state index contributed by atoms with van der Waals surface area (Å²) in [6.07, 6.45) is 0. The fraction of sp³-hybridized carbons (Fsp3) is 0.273. The van der Waals surface area contributed by atoms with Gasteiger partial charge in [-0.3, -0.25) is 5.10 Å². The lowest BCUT2D eigenvalue weighted by molar-refractivity contribution is 0.340. The minimum absolute atomic E-state index is 0.680. The third kappa shape index (κ3) is 2.15. The second-order valence-corrected chi connectivity index (χ2v) is 3.20. The van der Waals surface area contributed by atoms with Gasteiger partial charge in [-0.25, -0.2) is 4.98 Å². The first-order chi connectivity index (χ1) is 7.29. The predicted octanol–water partition coefficient (Wildman–Crippen LogP) is 2.18. The van der Waals surface area contributed by atoms with Crippen molar-refractivity contribution in [3.63, 3.8) is 0 Å². The summed E-state index contributed by atoms with van der Waals surface area (Å²) in [4.78, 5) is 4.25. The zero-order chi connectivity index (χ0) is 10.7. The Bertz CT molecular complexity index is 433. The molecule has 0 unspecified atom stereocenters. The van der Waals surface area contributed by atoms with Crippen molar-refractivity contribution >= 4 is 0 Å². The standard InChI is InChI=1S/C11H13N3O/c1-3-15-10-6-4-9(5-7-10)11-12-8(2)13-14-11/h4-7H,3H2,1-2H3,(H,12,13,14). The van der Waals surface area contributed by atoms with E-state index in [2.05, 4.69) is 15.2 Å². The zero-order valence-corrected chi connectivity index (χ0v) is 8.82. The van der Waals surface area contributed by atoms with E-state index in [0.717, 1.165) is 23.0 Å². The van der Waals surface area contributed by atoms with Gasteiger partial charge >= 0.3 is 0 Å². The van der Waals surface area contributed by atoms with E-state index in [-0.39, 0.29) is 0 Å². The fourth-order valence-corrected chi connectivity index (χ4v) is 1.34. The van der Waals surface area contributed by atoms with Crippen LogP contribution < -0.4 is 4.74 Å². The third-order valence-electron chi connectivity index (χ3n) is 2.02. The summed E-state index contributed by atoms with van der Waals surface area (Å²) in [6, 6.07) is 7.75. The highest BCUT2D eigenvalue weighted by Gasteiger charge is 2.03. The fourth-order valence-electron chi connectivity index (χ4n) is 1.34. The molecule has 0 fully saturated rings. The molecule has 0 aliphatic carbocycles. The summed E-state index contributed by atoms with van der Waals surface area (Å²) < 4.78 is 5.35. The minimum atomic E-state index is 0.680. The first kappa shape index (κ1) is 9.71. The van der Waals surface area contributed by atoms with Gasteiger partial charge in [0.05, 0.1) is 6.61 Å². The number of benzene rings is 1. The molecule has 0 amide bonds. The van der Waals surface area contributed by atoms with Crippen LogP contribution in [0.5, 0.6) is 5.75 Å². The van der Waals surface area contributed by atoms with Gasteiger partial charge < -0.3 is 4.74 Å². The number of hydrogen-bond acceptors (Lipinski definition) is 3. The van der Waals surface area contributed by atoms with Crippen molar-refractivity contribution in [2.75, 3.05) is 6.61 Å². The highest BCUT2D eigenvalue weighted by Crippen LogP contribution is 2.18. The van der Waals surface area contributed by atoms with Gasteiger partial charge in [0.1, 0.15) is 11.6 Å². The largest absolute Gasteiger partial charge is 0.494 e. The summed E-state index contributed by atoms with van der Waals surface area (Å²) >= 11 is 0. The van der Waals surface area contributed by atoms with Crippen molar-refractivity contribution in [1.29, 1.82) is 0 Å². The van der Waals surface area contributed by atoms with Crippen molar-refractivity contribution in [2.24, 2.45) is 0 Å². The van der Waals surface area contributed by atoms with Crippen LogP contribution >= 0.6 is 0 Å². The molecule has 2 rings (SSSR count). The van der Waals surface area contributed by atoms with E-state index in [0.29, 0.717) is 6.61 Å². The van der Waals surface area contributed by atoms with Crippen LogP contribution in [-0.4, -0.2) is 21.8 Å². The number of rotatable bonds is 3. The Morgan fingerprint density at radius 1 is 1.27 bits per heavy atom. The second kappa shape index (κ2) is 4.13. The van der Waals surface area contributed by atoms with Gasteiger partial charge in [0, 0.05) is 5.56 Å². The van der Waals surface area contributed by atoms with Gasteiger partial charge in [0.25, 0.3) is 0 Å². The average molecular weight is 203 g/mol. The van der Waals surface area contributed by atoms with Gasteiger partial charge in [-0.15, -0.1) is 0 Å². The van der Waals surface area contributed by atoms with E-state index in [9.17, 15) is 0 Å². The molecule has 15 heavy (non-hydrogen) atoms. The number of nitrogens with zero attached hydrogens (tertiary/aromatic N) is 2. The SMILES string of the molecule is CCOc1ccc(-c2n[nH]c(C)n2)cc1. The van der Waals surface area contributed by atoms with E-state index in [4.69, 9.17) is 4.74 Å². The molecule has 1 N–H and O–H groups in total. The molecule has 2 aromatic rings. The van der Waals surface area contributed by atoms with Crippen LogP contribution in [0, 0.1) is 6.92 Å².